The molecule has 2 atom stereocenters. The third-order valence-corrected chi connectivity index (χ3v) is 4.65. The molecule has 2 amide bonds. The number of nitrogens with zero attached hydrogens (tertiary/aromatic N) is 3. The summed E-state index contributed by atoms with van der Waals surface area (Å²) in [5, 5.41) is 10.2. The molecule has 114 valence electrons. The molecule has 0 aliphatic carbocycles. The molecule has 2 aliphatic rings. The summed E-state index contributed by atoms with van der Waals surface area (Å²) in [6.07, 6.45) is 1.03. The van der Waals surface area contributed by atoms with Crippen molar-refractivity contribution < 1.29 is 23.2 Å². The molecule has 2 fully saturated rings. The highest BCUT2D eigenvalue weighted by Crippen LogP contribution is 2.28. The largest absolute Gasteiger partial charge is 0.385 e. The van der Waals surface area contributed by atoms with Crippen molar-refractivity contribution >= 4 is 21.9 Å². The Bertz CT molecular complexity index is 520. The first kappa shape index (κ1) is 15.0. The van der Waals surface area contributed by atoms with Gasteiger partial charge in [0.05, 0.1) is 24.4 Å². The predicted molar refractivity (Wildman–Crippen MR) is 69.8 cm³/mol. The number of amidine groups is 1. The molecule has 2 heterocycles. The van der Waals surface area contributed by atoms with E-state index in [1.165, 1.54) is 12.0 Å². The Hall–Kier alpha value is -1.39. The zero-order chi connectivity index (χ0) is 14.9. The summed E-state index contributed by atoms with van der Waals surface area (Å²) in [5.74, 6) is -0.386. The summed E-state index contributed by atoms with van der Waals surface area (Å²) in [6.45, 7) is 0.354. The molecule has 0 aromatic carbocycles. The van der Waals surface area contributed by atoms with E-state index in [0.29, 0.717) is 24.4 Å². The number of methoxy groups -OCH3 is 1. The van der Waals surface area contributed by atoms with E-state index in [1.807, 2.05) is 0 Å². The van der Waals surface area contributed by atoms with E-state index in [4.69, 9.17) is 10.5 Å². The third kappa shape index (κ3) is 2.86. The number of carbonyl (C=O) groups is 1. The van der Waals surface area contributed by atoms with Crippen LogP contribution in [0.2, 0.25) is 0 Å². The minimum Gasteiger partial charge on any atom is -0.385 e. The number of carbonyl (C=O) groups excluding carboxylic acids is 1. The summed E-state index contributed by atoms with van der Waals surface area (Å²) in [4.78, 5) is 13.1. The van der Waals surface area contributed by atoms with Gasteiger partial charge < -0.3 is 15.4 Å². The van der Waals surface area contributed by atoms with Gasteiger partial charge in [-0.15, -0.1) is 4.40 Å². The van der Waals surface area contributed by atoms with Crippen molar-refractivity contribution in [3.63, 3.8) is 0 Å². The van der Waals surface area contributed by atoms with Crippen LogP contribution in [0.5, 0.6) is 0 Å². The van der Waals surface area contributed by atoms with Gasteiger partial charge in [0.15, 0.2) is 0 Å². The van der Waals surface area contributed by atoms with Crippen LogP contribution in [0.4, 0.5) is 4.79 Å². The number of rotatable bonds is 5. The van der Waals surface area contributed by atoms with Gasteiger partial charge in [0.25, 0.3) is 10.0 Å². The Morgan fingerprint density at radius 3 is 2.90 bits per heavy atom. The zero-order valence-corrected chi connectivity index (χ0v) is 11.9. The molecular formula is C10H18N4O5S. The second kappa shape index (κ2) is 5.54. The smallest absolute Gasteiger partial charge is 0.344 e. The van der Waals surface area contributed by atoms with Crippen molar-refractivity contribution in [2.45, 2.75) is 24.9 Å². The van der Waals surface area contributed by atoms with Gasteiger partial charge in [0, 0.05) is 13.7 Å². The number of ether oxygens (including phenoxy) is 1. The summed E-state index contributed by atoms with van der Waals surface area (Å²) in [7, 11) is -2.33. The molecule has 0 saturated carbocycles. The van der Waals surface area contributed by atoms with Crippen molar-refractivity contribution in [2.24, 2.45) is 10.1 Å². The molecule has 0 aromatic heterocycles. The third-order valence-electron chi connectivity index (χ3n) is 3.48. The van der Waals surface area contributed by atoms with E-state index in [-0.39, 0.29) is 24.2 Å². The van der Waals surface area contributed by atoms with Crippen LogP contribution in [0, 0.1) is 0 Å². The van der Waals surface area contributed by atoms with E-state index in [0.717, 1.165) is 0 Å². The Balaban J connectivity index is 2.13. The maximum atomic E-state index is 11.8. The normalized spacial score (nSPS) is 27.3. The average molecular weight is 306 g/mol. The van der Waals surface area contributed by atoms with Crippen LogP contribution in [-0.4, -0.2) is 73.6 Å². The number of amides is 2. The van der Waals surface area contributed by atoms with Crippen LogP contribution in [0.25, 0.3) is 0 Å². The Kier molecular flexibility index (Phi) is 4.16. The van der Waals surface area contributed by atoms with Crippen LogP contribution >= 0.6 is 0 Å². The van der Waals surface area contributed by atoms with E-state index < -0.39 is 22.1 Å². The molecule has 20 heavy (non-hydrogen) atoms. The first-order chi connectivity index (χ1) is 9.35. The second-order valence-corrected chi connectivity index (χ2v) is 6.58. The number of urea groups is 1. The first-order valence-corrected chi connectivity index (χ1v) is 7.82. The van der Waals surface area contributed by atoms with Crippen LogP contribution in [0.15, 0.2) is 4.40 Å². The molecular weight excluding hydrogens is 288 g/mol. The highest BCUT2D eigenvalue weighted by molar-refractivity contribution is 7.90. The van der Waals surface area contributed by atoms with Crippen LogP contribution in [0.3, 0.4) is 0 Å². The van der Waals surface area contributed by atoms with Gasteiger partial charge >= 0.3 is 6.03 Å². The Morgan fingerprint density at radius 2 is 2.25 bits per heavy atom. The van der Waals surface area contributed by atoms with E-state index >= 15 is 0 Å². The van der Waals surface area contributed by atoms with Crippen molar-refractivity contribution in [1.29, 1.82) is 0 Å². The zero-order valence-electron chi connectivity index (χ0n) is 11.1. The lowest BCUT2D eigenvalue weighted by Crippen LogP contribution is -2.48. The number of hydrogen-bond donors (Lipinski definition) is 2. The van der Waals surface area contributed by atoms with Crippen molar-refractivity contribution in [1.82, 2.24) is 9.96 Å². The number of fused-ring (bicyclic) bond motifs is 2. The molecule has 3 N–H and O–H groups in total. The Morgan fingerprint density at radius 1 is 1.55 bits per heavy atom. The van der Waals surface area contributed by atoms with Gasteiger partial charge in [-0.25, -0.2) is 18.3 Å². The quantitative estimate of drug-likeness (QED) is 0.380. The highest BCUT2D eigenvalue weighted by atomic mass is 32.2. The summed E-state index contributed by atoms with van der Waals surface area (Å²) in [5.41, 5.74) is 5.73. The monoisotopic (exact) mass is 306 g/mol. The van der Waals surface area contributed by atoms with Gasteiger partial charge in [-0.05, 0) is 12.8 Å². The molecule has 2 aliphatic heterocycles. The summed E-state index contributed by atoms with van der Waals surface area (Å²) in [6, 6.07) is -1.41. The molecule has 2 rings (SSSR count). The van der Waals surface area contributed by atoms with Crippen LogP contribution in [0.1, 0.15) is 12.8 Å². The van der Waals surface area contributed by atoms with Gasteiger partial charge in [0.1, 0.15) is 5.84 Å². The standard InChI is InChI=1S/C10H18N4O5S/c1-19-4-5-20(17,18)12-9(11)8-3-2-7-6-13(8)10(15)14(7)16/h7-8,16H,2-6H2,1H3,(H2,11,12)/t7-,8+/m1/s1. The van der Waals surface area contributed by atoms with Gasteiger partial charge in [-0.3, -0.25) is 5.21 Å². The average Bonchev–Trinajstić information content (AvgIpc) is 2.61. The highest BCUT2D eigenvalue weighted by Gasteiger charge is 2.45. The predicted octanol–water partition coefficient (Wildman–Crippen LogP) is -1.02. The van der Waals surface area contributed by atoms with Crippen LogP contribution in [-0.2, 0) is 14.8 Å². The molecule has 9 nitrogen and oxygen atoms in total. The maximum absolute atomic E-state index is 11.8. The first-order valence-electron chi connectivity index (χ1n) is 6.21. The number of hydrogen-bond acceptors (Lipinski definition) is 5. The lowest BCUT2D eigenvalue weighted by Gasteiger charge is -2.29. The van der Waals surface area contributed by atoms with Gasteiger partial charge in [-0.1, -0.05) is 0 Å². The minimum atomic E-state index is -3.72. The van der Waals surface area contributed by atoms with Crippen molar-refractivity contribution in [3.05, 3.63) is 0 Å². The lowest BCUT2D eigenvalue weighted by atomic mass is 10.0. The second-order valence-electron chi connectivity index (χ2n) is 4.82. The number of hydroxylamine groups is 2. The molecule has 0 unspecified atom stereocenters. The van der Waals surface area contributed by atoms with Crippen LogP contribution < -0.4 is 5.73 Å². The summed E-state index contributed by atoms with van der Waals surface area (Å²) >= 11 is 0. The maximum Gasteiger partial charge on any atom is 0.344 e. The fourth-order valence-corrected chi connectivity index (χ4v) is 3.33. The number of sulfonamides is 1. The lowest BCUT2D eigenvalue weighted by molar-refractivity contribution is -0.0583. The van der Waals surface area contributed by atoms with Gasteiger partial charge in [-0.2, -0.15) is 0 Å². The molecule has 2 bridgehead atoms. The molecule has 10 heteroatoms. The molecule has 0 radical (unpaired) electrons. The van der Waals surface area contributed by atoms with E-state index in [2.05, 4.69) is 4.40 Å². The SMILES string of the molecule is COCCS(=O)(=O)N=C(N)[C@@H]1CC[C@@H]2CN1C(=O)N2O. The Labute approximate surface area is 117 Å². The van der Waals surface area contributed by atoms with E-state index in [1.54, 1.807) is 0 Å². The number of piperidine rings is 1. The van der Waals surface area contributed by atoms with Gasteiger partial charge in [0.2, 0.25) is 0 Å². The number of nitrogens with two attached hydrogens (primary N) is 1. The molecule has 0 spiro atoms. The molecule has 0 aromatic rings. The van der Waals surface area contributed by atoms with Crippen molar-refractivity contribution in [2.75, 3.05) is 26.0 Å². The molecule has 2 saturated heterocycles. The fourth-order valence-electron chi connectivity index (χ4n) is 2.41. The van der Waals surface area contributed by atoms with E-state index in [9.17, 15) is 18.4 Å². The fraction of sp³-hybridized carbons (Fsp3) is 0.800. The van der Waals surface area contributed by atoms with Crippen molar-refractivity contribution in [3.8, 4) is 0 Å². The summed E-state index contributed by atoms with van der Waals surface area (Å²) < 4.78 is 31.6. The minimum absolute atomic E-state index is 0.0267. The topological polar surface area (TPSA) is 126 Å².